The fourth-order valence-electron chi connectivity index (χ4n) is 4.08. The molecule has 2 amide bonds. The molecule has 2 heterocycles. The molecule has 170 valence electrons. The molecular weight excluding hydrogens is 445 g/mol. The summed E-state index contributed by atoms with van der Waals surface area (Å²) < 4.78 is 47.1. The highest BCUT2D eigenvalue weighted by molar-refractivity contribution is 6.16. The Hall–Kier alpha value is -4.33. The Labute approximate surface area is 192 Å². The minimum absolute atomic E-state index is 0.106. The molecular formula is C26H17F3N2O3. The number of nitrogens with one attached hydrogen (secondary N) is 1. The van der Waals surface area contributed by atoms with Gasteiger partial charge in [0.25, 0.3) is 5.91 Å². The number of carbonyl (C=O) groups excluding carboxylic acids is 2. The van der Waals surface area contributed by atoms with Crippen molar-refractivity contribution < 1.29 is 27.2 Å². The van der Waals surface area contributed by atoms with E-state index in [2.05, 4.69) is 5.32 Å². The summed E-state index contributed by atoms with van der Waals surface area (Å²) in [4.78, 5) is 27.6. The lowest BCUT2D eigenvalue weighted by atomic mass is 9.79. The van der Waals surface area contributed by atoms with Crippen molar-refractivity contribution in [3.8, 4) is 11.3 Å². The van der Waals surface area contributed by atoms with Gasteiger partial charge >= 0.3 is 0 Å². The molecule has 34 heavy (non-hydrogen) atoms. The molecule has 1 aliphatic rings. The Kier molecular flexibility index (Phi) is 5.20. The summed E-state index contributed by atoms with van der Waals surface area (Å²) in [5, 5.41) is 2.69. The fourth-order valence-corrected chi connectivity index (χ4v) is 4.08. The number of halogens is 3. The zero-order chi connectivity index (χ0) is 23.9. The highest BCUT2D eigenvalue weighted by Crippen LogP contribution is 2.47. The summed E-state index contributed by atoms with van der Waals surface area (Å²) >= 11 is 0. The van der Waals surface area contributed by atoms with E-state index in [0.29, 0.717) is 5.69 Å². The van der Waals surface area contributed by atoms with E-state index in [1.807, 2.05) is 0 Å². The van der Waals surface area contributed by atoms with Gasteiger partial charge in [-0.3, -0.25) is 14.5 Å². The van der Waals surface area contributed by atoms with Crippen molar-refractivity contribution in [2.75, 3.05) is 10.2 Å². The van der Waals surface area contributed by atoms with Gasteiger partial charge in [-0.1, -0.05) is 12.1 Å². The second kappa shape index (κ2) is 8.22. The molecule has 1 unspecified atom stereocenters. The van der Waals surface area contributed by atoms with Gasteiger partial charge < -0.3 is 9.73 Å². The molecule has 0 bridgehead atoms. The Morgan fingerprint density at radius 1 is 0.853 bits per heavy atom. The van der Waals surface area contributed by atoms with Gasteiger partial charge in [-0.05, 0) is 72.8 Å². The largest absolute Gasteiger partial charge is 0.458 e. The predicted octanol–water partition coefficient (Wildman–Crippen LogP) is 5.63. The first kappa shape index (κ1) is 21.5. The van der Waals surface area contributed by atoms with Crippen molar-refractivity contribution in [1.82, 2.24) is 0 Å². The highest BCUT2D eigenvalue weighted by atomic mass is 19.1. The molecule has 0 aliphatic carbocycles. The number of hydrogen-bond donors (Lipinski definition) is 1. The van der Waals surface area contributed by atoms with Gasteiger partial charge in [-0.15, -0.1) is 0 Å². The third-order valence-corrected chi connectivity index (χ3v) is 5.75. The van der Waals surface area contributed by atoms with Crippen molar-refractivity contribution in [2.45, 2.75) is 12.0 Å². The number of anilines is 2. The fraction of sp³-hybridized carbons (Fsp3) is 0.0769. The SMILES string of the molecule is O=C1CC(C(=O)Nc2ccc(F)cc2)(c2ccc(-c3ccccc3F)o2)N1c1ccc(F)cc1. The number of rotatable bonds is 5. The summed E-state index contributed by atoms with van der Waals surface area (Å²) in [7, 11) is 0. The molecule has 1 atom stereocenters. The lowest BCUT2D eigenvalue weighted by Gasteiger charge is -2.48. The zero-order valence-corrected chi connectivity index (χ0v) is 17.6. The van der Waals surface area contributed by atoms with Crippen LogP contribution in [0.15, 0.2) is 89.3 Å². The maximum absolute atomic E-state index is 14.3. The van der Waals surface area contributed by atoms with E-state index in [1.165, 1.54) is 77.7 Å². The lowest BCUT2D eigenvalue weighted by Crippen LogP contribution is -2.67. The molecule has 5 nitrogen and oxygen atoms in total. The number of benzene rings is 3. The first-order chi connectivity index (χ1) is 16.4. The minimum atomic E-state index is -1.62. The van der Waals surface area contributed by atoms with Crippen molar-refractivity contribution in [3.63, 3.8) is 0 Å². The van der Waals surface area contributed by atoms with E-state index < -0.39 is 28.9 Å². The van der Waals surface area contributed by atoms with Crippen LogP contribution in [-0.2, 0) is 15.1 Å². The number of carbonyl (C=O) groups is 2. The van der Waals surface area contributed by atoms with E-state index in [-0.39, 0.29) is 35.1 Å². The number of amides is 2. The average molecular weight is 462 g/mol. The van der Waals surface area contributed by atoms with Crippen molar-refractivity contribution >= 4 is 23.2 Å². The van der Waals surface area contributed by atoms with Crippen molar-refractivity contribution in [2.24, 2.45) is 0 Å². The van der Waals surface area contributed by atoms with Crippen molar-refractivity contribution in [1.29, 1.82) is 0 Å². The first-order valence-electron chi connectivity index (χ1n) is 10.4. The van der Waals surface area contributed by atoms with Crippen LogP contribution in [0, 0.1) is 17.5 Å². The summed E-state index contributed by atoms with van der Waals surface area (Å²) in [6.45, 7) is 0. The standard InChI is InChI=1S/C26H17F3N2O3/c27-16-5-9-18(10-6-16)30-25(33)26(15-24(32)31(26)19-11-7-17(28)8-12-19)23-14-13-22(34-23)20-3-1-2-4-21(20)29/h1-14H,15H2,(H,30,33). The van der Waals surface area contributed by atoms with Gasteiger partial charge in [0.2, 0.25) is 5.91 Å². The van der Waals surface area contributed by atoms with Crippen LogP contribution in [0.1, 0.15) is 12.2 Å². The molecule has 0 spiro atoms. The van der Waals surface area contributed by atoms with Gasteiger partial charge in [-0.25, -0.2) is 13.2 Å². The average Bonchev–Trinajstić information content (AvgIpc) is 3.30. The van der Waals surface area contributed by atoms with Crippen LogP contribution in [0.3, 0.4) is 0 Å². The van der Waals surface area contributed by atoms with Crippen LogP contribution in [0.2, 0.25) is 0 Å². The molecule has 1 aromatic heterocycles. The van der Waals surface area contributed by atoms with Crippen LogP contribution >= 0.6 is 0 Å². The molecule has 5 rings (SSSR count). The third-order valence-electron chi connectivity index (χ3n) is 5.75. The third kappa shape index (κ3) is 3.53. The molecule has 0 saturated carbocycles. The number of furan rings is 1. The smallest absolute Gasteiger partial charge is 0.259 e. The first-order valence-corrected chi connectivity index (χ1v) is 10.4. The van der Waals surface area contributed by atoms with E-state index in [0.717, 1.165) is 0 Å². The maximum Gasteiger partial charge on any atom is 0.259 e. The van der Waals surface area contributed by atoms with Crippen LogP contribution < -0.4 is 10.2 Å². The molecule has 1 N–H and O–H groups in total. The van der Waals surface area contributed by atoms with Gasteiger partial charge in [0.15, 0.2) is 5.54 Å². The van der Waals surface area contributed by atoms with E-state index in [4.69, 9.17) is 4.42 Å². The lowest BCUT2D eigenvalue weighted by molar-refractivity contribution is -0.138. The van der Waals surface area contributed by atoms with Crippen LogP contribution in [0.5, 0.6) is 0 Å². The highest BCUT2D eigenvalue weighted by Gasteiger charge is 2.60. The van der Waals surface area contributed by atoms with Crippen LogP contribution in [0.25, 0.3) is 11.3 Å². The molecule has 8 heteroatoms. The van der Waals surface area contributed by atoms with Gasteiger partial charge in [-0.2, -0.15) is 0 Å². The Morgan fingerprint density at radius 3 is 2.15 bits per heavy atom. The number of hydrogen-bond acceptors (Lipinski definition) is 3. The second-order valence-corrected chi connectivity index (χ2v) is 7.85. The normalized spacial score (nSPS) is 17.4. The van der Waals surface area contributed by atoms with Gasteiger partial charge in [0, 0.05) is 11.4 Å². The number of nitrogens with zero attached hydrogens (tertiary/aromatic N) is 1. The molecule has 0 radical (unpaired) electrons. The van der Waals surface area contributed by atoms with E-state index in [9.17, 15) is 22.8 Å². The Balaban J connectivity index is 1.60. The van der Waals surface area contributed by atoms with E-state index in [1.54, 1.807) is 12.1 Å². The minimum Gasteiger partial charge on any atom is -0.458 e. The molecule has 4 aromatic rings. The Morgan fingerprint density at radius 2 is 1.50 bits per heavy atom. The monoisotopic (exact) mass is 462 g/mol. The van der Waals surface area contributed by atoms with Crippen LogP contribution in [-0.4, -0.2) is 11.8 Å². The molecule has 1 aliphatic heterocycles. The van der Waals surface area contributed by atoms with Crippen LogP contribution in [0.4, 0.5) is 24.5 Å². The van der Waals surface area contributed by atoms with E-state index >= 15 is 0 Å². The summed E-state index contributed by atoms with van der Waals surface area (Å²) in [6, 6.07) is 19.3. The zero-order valence-electron chi connectivity index (χ0n) is 17.6. The molecule has 1 fully saturated rings. The topological polar surface area (TPSA) is 62.6 Å². The quantitative estimate of drug-likeness (QED) is 0.391. The number of β-lactam (4-membered cyclic amide) rings is 1. The second-order valence-electron chi connectivity index (χ2n) is 7.85. The predicted molar refractivity (Wildman–Crippen MR) is 119 cm³/mol. The molecule has 1 saturated heterocycles. The summed E-state index contributed by atoms with van der Waals surface area (Å²) in [6.07, 6.45) is -0.234. The van der Waals surface area contributed by atoms with Gasteiger partial charge in [0.1, 0.15) is 29.0 Å². The van der Waals surface area contributed by atoms with Gasteiger partial charge in [0.05, 0.1) is 12.0 Å². The summed E-state index contributed by atoms with van der Waals surface area (Å²) in [5.74, 6) is -2.19. The summed E-state index contributed by atoms with van der Waals surface area (Å²) in [5.41, 5.74) is -0.824. The Bertz CT molecular complexity index is 1380. The van der Waals surface area contributed by atoms with Crippen molar-refractivity contribution in [3.05, 3.63) is 108 Å². The molecule has 3 aromatic carbocycles. The maximum atomic E-state index is 14.3.